The molecule has 2 heterocycles. The van der Waals surface area contributed by atoms with Gasteiger partial charge in [0.1, 0.15) is 5.15 Å². The topological polar surface area (TPSA) is 24.9 Å². The molecule has 0 unspecified atom stereocenters. The molecule has 4 heteroatoms. The number of aromatic nitrogens is 1. The van der Waals surface area contributed by atoms with Gasteiger partial charge < -0.3 is 5.32 Å². The predicted molar refractivity (Wildman–Crippen MR) is 79.6 cm³/mol. The summed E-state index contributed by atoms with van der Waals surface area (Å²) >= 11 is 7.60. The zero-order valence-corrected chi connectivity index (χ0v) is 12.4. The first-order chi connectivity index (χ1) is 8.45. The van der Waals surface area contributed by atoms with Crippen molar-refractivity contribution in [1.29, 1.82) is 0 Å². The number of thiophene rings is 1. The molecule has 18 heavy (non-hydrogen) atoms. The van der Waals surface area contributed by atoms with E-state index in [4.69, 9.17) is 11.6 Å². The molecule has 2 nitrogen and oxygen atoms in total. The van der Waals surface area contributed by atoms with Gasteiger partial charge in [-0.15, -0.1) is 11.3 Å². The molecular formula is C14H17ClN2S. The first kappa shape index (κ1) is 13.4. The van der Waals surface area contributed by atoms with Gasteiger partial charge in [0.25, 0.3) is 0 Å². The zero-order chi connectivity index (χ0) is 13.2. The maximum atomic E-state index is 5.75. The van der Waals surface area contributed by atoms with Crippen molar-refractivity contribution in [2.24, 2.45) is 0 Å². The molecule has 0 fully saturated rings. The van der Waals surface area contributed by atoms with Crippen molar-refractivity contribution in [2.75, 3.05) is 5.32 Å². The molecule has 1 N–H and O–H groups in total. The summed E-state index contributed by atoms with van der Waals surface area (Å²) in [5.41, 5.74) is 1.22. The number of hydrogen-bond donors (Lipinski definition) is 1. The van der Waals surface area contributed by atoms with Crippen LogP contribution in [-0.2, 0) is 12.0 Å². The van der Waals surface area contributed by atoms with Gasteiger partial charge in [0.2, 0.25) is 0 Å². The molecule has 2 aromatic heterocycles. The molecule has 0 saturated heterocycles. The van der Waals surface area contributed by atoms with E-state index in [0.717, 1.165) is 12.2 Å². The zero-order valence-electron chi connectivity index (χ0n) is 10.8. The minimum atomic E-state index is 0.227. The van der Waals surface area contributed by atoms with E-state index in [1.54, 1.807) is 12.3 Å². The van der Waals surface area contributed by atoms with E-state index in [1.807, 2.05) is 17.4 Å². The van der Waals surface area contributed by atoms with Gasteiger partial charge in [-0.1, -0.05) is 32.4 Å². The maximum Gasteiger partial charge on any atom is 0.129 e. The van der Waals surface area contributed by atoms with Crippen molar-refractivity contribution >= 4 is 28.6 Å². The summed E-state index contributed by atoms with van der Waals surface area (Å²) in [7, 11) is 0. The quantitative estimate of drug-likeness (QED) is 0.824. The van der Waals surface area contributed by atoms with E-state index in [1.165, 1.54) is 9.75 Å². The molecule has 0 amide bonds. The fourth-order valence-corrected chi connectivity index (χ4v) is 2.66. The lowest BCUT2D eigenvalue weighted by Gasteiger charge is -2.15. The van der Waals surface area contributed by atoms with E-state index in [9.17, 15) is 0 Å². The lowest BCUT2D eigenvalue weighted by atomic mass is 9.95. The van der Waals surface area contributed by atoms with E-state index in [0.29, 0.717) is 5.15 Å². The summed E-state index contributed by atoms with van der Waals surface area (Å²) in [5, 5.41) is 3.86. The molecule has 2 rings (SSSR count). The standard InChI is InChI=1S/C14H17ClN2S/c1-14(2,3)12-6-5-11(18-12)9-16-10-4-7-13(15)17-8-10/h4-8,16H,9H2,1-3H3. The predicted octanol–water partition coefficient (Wildman–Crippen LogP) is 4.71. The van der Waals surface area contributed by atoms with Crippen LogP contribution in [0.5, 0.6) is 0 Å². The van der Waals surface area contributed by atoms with Gasteiger partial charge in [0.05, 0.1) is 11.9 Å². The van der Waals surface area contributed by atoms with Crippen LogP contribution in [0.4, 0.5) is 5.69 Å². The number of halogens is 1. The van der Waals surface area contributed by atoms with Crippen LogP contribution in [0.25, 0.3) is 0 Å². The molecule has 0 bridgehead atoms. The molecule has 0 aliphatic rings. The summed E-state index contributed by atoms with van der Waals surface area (Å²) in [4.78, 5) is 6.78. The Morgan fingerprint density at radius 2 is 2.00 bits per heavy atom. The average molecular weight is 281 g/mol. The Morgan fingerprint density at radius 1 is 1.22 bits per heavy atom. The molecule has 0 aromatic carbocycles. The van der Waals surface area contributed by atoms with Crippen LogP contribution >= 0.6 is 22.9 Å². The summed E-state index contributed by atoms with van der Waals surface area (Å²) in [5.74, 6) is 0. The van der Waals surface area contributed by atoms with Gasteiger partial charge in [0, 0.05) is 16.3 Å². The largest absolute Gasteiger partial charge is 0.379 e. The highest BCUT2D eigenvalue weighted by molar-refractivity contribution is 7.12. The first-order valence-corrected chi connectivity index (χ1v) is 7.09. The second kappa shape index (κ2) is 5.29. The number of nitrogens with one attached hydrogen (secondary N) is 1. The van der Waals surface area contributed by atoms with Crippen LogP contribution in [0.15, 0.2) is 30.5 Å². The van der Waals surface area contributed by atoms with Crippen LogP contribution in [0.1, 0.15) is 30.5 Å². The number of rotatable bonds is 3. The van der Waals surface area contributed by atoms with Crippen LogP contribution in [0, 0.1) is 0 Å². The molecule has 0 saturated carbocycles. The third-order valence-corrected chi connectivity index (χ3v) is 4.33. The van der Waals surface area contributed by atoms with Crippen molar-refractivity contribution < 1.29 is 0 Å². The second-order valence-electron chi connectivity index (χ2n) is 5.24. The Kier molecular flexibility index (Phi) is 3.93. The van der Waals surface area contributed by atoms with Crippen molar-refractivity contribution in [3.05, 3.63) is 45.4 Å². The van der Waals surface area contributed by atoms with Crippen LogP contribution < -0.4 is 5.32 Å². The third-order valence-electron chi connectivity index (χ3n) is 2.59. The average Bonchev–Trinajstić information content (AvgIpc) is 2.77. The summed E-state index contributed by atoms with van der Waals surface area (Å²) in [6, 6.07) is 8.12. The SMILES string of the molecule is CC(C)(C)c1ccc(CNc2ccc(Cl)nc2)s1. The van der Waals surface area contributed by atoms with E-state index in [-0.39, 0.29) is 5.41 Å². The van der Waals surface area contributed by atoms with Gasteiger partial charge in [-0.05, 0) is 29.7 Å². The Hall–Kier alpha value is -1.06. The van der Waals surface area contributed by atoms with E-state index < -0.39 is 0 Å². The third kappa shape index (κ3) is 3.47. The molecule has 0 atom stereocenters. The van der Waals surface area contributed by atoms with Crippen LogP contribution in [0.2, 0.25) is 5.15 Å². The van der Waals surface area contributed by atoms with Crippen molar-refractivity contribution in [3.63, 3.8) is 0 Å². The van der Waals surface area contributed by atoms with Crippen molar-refractivity contribution in [3.8, 4) is 0 Å². The Morgan fingerprint density at radius 3 is 2.56 bits per heavy atom. The number of anilines is 1. The Labute approximate surface area is 117 Å². The summed E-state index contributed by atoms with van der Waals surface area (Å²) in [6.45, 7) is 7.53. The van der Waals surface area contributed by atoms with Gasteiger partial charge in [-0.3, -0.25) is 0 Å². The fourth-order valence-electron chi connectivity index (χ4n) is 1.55. The molecule has 0 aliphatic carbocycles. The summed E-state index contributed by atoms with van der Waals surface area (Å²) < 4.78 is 0. The molecule has 0 spiro atoms. The minimum Gasteiger partial charge on any atom is -0.379 e. The van der Waals surface area contributed by atoms with E-state index >= 15 is 0 Å². The lowest BCUT2D eigenvalue weighted by molar-refractivity contribution is 0.604. The maximum absolute atomic E-state index is 5.75. The first-order valence-electron chi connectivity index (χ1n) is 5.90. The second-order valence-corrected chi connectivity index (χ2v) is 6.79. The van der Waals surface area contributed by atoms with Gasteiger partial charge in [-0.25, -0.2) is 4.98 Å². The highest BCUT2D eigenvalue weighted by Gasteiger charge is 2.15. The van der Waals surface area contributed by atoms with Gasteiger partial charge in [0.15, 0.2) is 0 Å². The summed E-state index contributed by atoms with van der Waals surface area (Å²) in [6.07, 6.45) is 1.75. The molecule has 2 aromatic rings. The monoisotopic (exact) mass is 280 g/mol. The minimum absolute atomic E-state index is 0.227. The molecule has 0 radical (unpaired) electrons. The Bertz CT molecular complexity index is 511. The lowest BCUT2D eigenvalue weighted by Crippen LogP contribution is -2.07. The smallest absolute Gasteiger partial charge is 0.129 e. The molecule has 96 valence electrons. The van der Waals surface area contributed by atoms with Crippen molar-refractivity contribution in [1.82, 2.24) is 4.98 Å². The van der Waals surface area contributed by atoms with Crippen molar-refractivity contribution in [2.45, 2.75) is 32.7 Å². The van der Waals surface area contributed by atoms with Gasteiger partial charge >= 0.3 is 0 Å². The number of hydrogen-bond acceptors (Lipinski definition) is 3. The number of pyridine rings is 1. The molecular weight excluding hydrogens is 264 g/mol. The van der Waals surface area contributed by atoms with Crippen LogP contribution in [0.3, 0.4) is 0 Å². The van der Waals surface area contributed by atoms with Gasteiger partial charge in [-0.2, -0.15) is 0 Å². The molecule has 0 aliphatic heterocycles. The fraction of sp³-hybridized carbons (Fsp3) is 0.357. The van der Waals surface area contributed by atoms with Crippen LogP contribution in [-0.4, -0.2) is 4.98 Å². The normalized spacial score (nSPS) is 11.6. The number of nitrogens with zero attached hydrogens (tertiary/aromatic N) is 1. The van der Waals surface area contributed by atoms with E-state index in [2.05, 4.69) is 43.2 Å². The highest BCUT2D eigenvalue weighted by atomic mass is 35.5. The highest BCUT2D eigenvalue weighted by Crippen LogP contribution is 2.29. The Balaban J connectivity index is 1.98.